The van der Waals surface area contributed by atoms with Gasteiger partial charge >= 0.3 is 5.97 Å². The number of carbonyl (C=O) groups is 1. The van der Waals surface area contributed by atoms with Crippen molar-refractivity contribution in [1.29, 1.82) is 0 Å². The molecule has 246 valence electrons. The zero-order chi connectivity index (χ0) is 34.0. The van der Waals surface area contributed by atoms with Crippen molar-refractivity contribution in [1.82, 2.24) is 9.55 Å². The second-order valence-corrected chi connectivity index (χ2v) is 11.9. The molecule has 0 spiro atoms. The number of methoxy groups -OCH3 is 1. The van der Waals surface area contributed by atoms with Crippen LogP contribution >= 0.6 is 0 Å². The van der Waals surface area contributed by atoms with Crippen LogP contribution < -0.4 is 14.2 Å². The lowest BCUT2D eigenvalue weighted by molar-refractivity contribution is -0.156. The largest absolute Gasteiger partial charge is 0.493 e. The lowest BCUT2D eigenvalue weighted by Crippen LogP contribution is -2.41. The molecule has 0 bridgehead atoms. The normalized spacial score (nSPS) is 12.6. The van der Waals surface area contributed by atoms with Crippen molar-refractivity contribution >= 4 is 27.8 Å². The van der Waals surface area contributed by atoms with Crippen molar-refractivity contribution < 1.29 is 28.5 Å². The molecule has 49 heavy (non-hydrogen) atoms. The van der Waals surface area contributed by atoms with Crippen LogP contribution in [0.5, 0.6) is 17.2 Å². The van der Waals surface area contributed by atoms with Crippen molar-refractivity contribution in [3.63, 3.8) is 0 Å². The molecule has 0 aliphatic rings. The van der Waals surface area contributed by atoms with E-state index in [0.717, 1.165) is 38.6 Å². The van der Waals surface area contributed by atoms with Gasteiger partial charge in [-0.3, -0.25) is 0 Å². The van der Waals surface area contributed by atoms with Crippen LogP contribution in [0.4, 0.5) is 0 Å². The lowest BCUT2D eigenvalue weighted by Gasteiger charge is -2.30. The van der Waals surface area contributed by atoms with E-state index in [9.17, 15) is 9.90 Å². The van der Waals surface area contributed by atoms with E-state index in [2.05, 4.69) is 15.6 Å². The molecule has 8 nitrogen and oxygen atoms in total. The van der Waals surface area contributed by atoms with Crippen LogP contribution in [0.2, 0.25) is 0 Å². The van der Waals surface area contributed by atoms with E-state index >= 15 is 0 Å². The highest BCUT2D eigenvalue weighted by Crippen LogP contribution is 2.41. The van der Waals surface area contributed by atoms with Crippen molar-refractivity contribution in [2.45, 2.75) is 39.0 Å². The number of hydrogen-bond donors (Lipinski definition) is 1. The summed E-state index contributed by atoms with van der Waals surface area (Å²) < 4.78 is 26.7. The Morgan fingerprint density at radius 2 is 1.55 bits per heavy atom. The number of carboxylic acid groups (broad SMARTS) is 1. The average Bonchev–Trinajstić information content (AvgIpc) is 3.68. The molecule has 0 radical (unpaired) electrons. The smallest absolute Gasteiger partial charge is 0.352 e. The van der Waals surface area contributed by atoms with Crippen LogP contribution in [0, 0.1) is 6.92 Å². The third-order valence-corrected chi connectivity index (χ3v) is 8.97. The first-order chi connectivity index (χ1) is 23.9. The number of benzene rings is 5. The highest BCUT2D eigenvalue weighted by molar-refractivity contribution is 6.11. The molecular formula is C41H36N2O6. The minimum absolute atomic E-state index is 0.228. The number of oxazole rings is 1. The Hall–Kier alpha value is -6.02. The van der Waals surface area contributed by atoms with Gasteiger partial charge in [0.2, 0.25) is 11.5 Å². The first-order valence-corrected chi connectivity index (χ1v) is 16.2. The monoisotopic (exact) mass is 652 g/mol. The predicted molar refractivity (Wildman–Crippen MR) is 189 cm³/mol. The standard InChI is InChI=1S/C41H36N2O6/c1-4-41(40(44)45,30-16-9-6-10-17-30)49-36-21-13-20-34-38(36)31-18-11-12-19-33(31)43(34)25-28-22-23-35(37(24-28)46-3)47-26-32-27(2)48-39(42-32)29-14-7-5-8-15-29/h5-24H,4,25-26H2,1-3H3,(H,44,45). The highest BCUT2D eigenvalue weighted by atomic mass is 16.5. The Balaban J connectivity index is 1.20. The summed E-state index contributed by atoms with van der Waals surface area (Å²) in [7, 11) is 1.63. The zero-order valence-corrected chi connectivity index (χ0v) is 27.6. The molecule has 0 saturated heterocycles. The van der Waals surface area contributed by atoms with Gasteiger partial charge in [-0.15, -0.1) is 0 Å². The van der Waals surface area contributed by atoms with E-state index in [-0.39, 0.29) is 13.0 Å². The van der Waals surface area contributed by atoms with E-state index < -0.39 is 11.6 Å². The SMILES string of the molecule is CCC(Oc1cccc2c1c1ccccc1n2Cc1ccc(OCc2nc(-c3ccccc3)oc2C)c(OC)c1)(C(=O)O)c1ccccc1. The number of rotatable bonds is 12. The number of nitrogens with zero attached hydrogens (tertiary/aromatic N) is 2. The molecule has 0 aliphatic heterocycles. The van der Waals surface area contributed by atoms with Crippen LogP contribution in [-0.4, -0.2) is 27.7 Å². The summed E-state index contributed by atoms with van der Waals surface area (Å²) in [4.78, 5) is 17.5. The fourth-order valence-electron chi connectivity index (χ4n) is 6.39. The van der Waals surface area contributed by atoms with Crippen LogP contribution in [-0.2, 0) is 23.5 Å². The van der Waals surface area contributed by atoms with Gasteiger partial charge in [0.05, 0.1) is 12.6 Å². The minimum atomic E-state index is -1.55. The molecular weight excluding hydrogens is 616 g/mol. The van der Waals surface area contributed by atoms with Gasteiger partial charge in [0, 0.05) is 34.0 Å². The third-order valence-electron chi connectivity index (χ3n) is 8.97. The van der Waals surface area contributed by atoms with Crippen molar-refractivity contribution in [2.75, 3.05) is 7.11 Å². The fraction of sp³-hybridized carbons (Fsp3) is 0.171. The van der Waals surface area contributed by atoms with E-state index in [1.807, 2.05) is 117 Å². The summed E-state index contributed by atoms with van der Waals surface area (Å²) in [6.45, 7) is 4.47. The predicted octanol–water partition coefficient (Wildman–Crippen LogP) is 9.16. The van der Waals surface area contributed by atoms with Crippen molar-refractivity contribution in [3.05, 3.63) is 144 Å². The van der Waals surface area contributed by atoms with Gasteiger partial charge in [-0.1, -0.05) is 85.8 Å². The molecule has 0 fully saturated rings. The molecule has 1 N–H and O–H groups in total. The maximum atomic E-state index is 12.8. The molecule has 7 aromatic rings. The topological polar surface area (TPSA) is 96.0 Å². The molecule has 0 saturated carbocycles. The maximum Gasteiger partial charge on any atom is 0.352 e. The Morgan fingerprint density at radius 1 is 0.837 bits per heavy atom. The van der Waals surface area contributed by atoms with Gasteiger partial charge < -0.3 is 28.3 Å². The quantitative estimate of drug-likeness (QED) is 0.141. The summed E-state index contributed by atoms with van der Waals surface area (Å²) >= 11 is 0. The van der Waals surface area contributed by atoms with Gasteiger partial charge in [0.1, 0.15) is 23.8 Å². The number of carboxylic acids is 1. The highest BCUT2D eigenvalue weighted by Gasteiger charge is 2.42. The molecule has 0 aliphatic carbocycles. The molecule has 1 atom stereocenters. The summed E-state index contributed by atoms with van der Waals surface area (Å²) in [6.07, 6.45) is 0.250. The van der Waals surface area contributed by atoms with Crippen molar-refractivity contribution in [3.8, 4) is 28.7 Å². The van der Waals surface area contributed by atoms with E-state index in [1.54, 1.807) is 19.2 Å². The van der Waals surface area contributed by atoms with Gasteiger partial charge in [-0.25, -0.2) is 9.78 Å². The van der Waals surface area contributed by atoms with Gasteiger partial charge in [-0.2, -0.15) is 0 Å². The molecule has 1 unspecified atom stereocenters. The van der Waals surface area contributed by atoms with Crippen LogP contribution in [0.1, 0.15) is 35.9 Å². The first kappa shape index (κ1) is 31.6. The fourth-order valence-corrected chi connectivity index (χ4v) is 6.39. The molecule has 2 heterocycles. The van der Waals surface area contributed by atoms with Gasteiger partial charge in [0.15, 0.2) is 11.5 Å². The first-order valence-electron chi connectivity index (χ1n) is 16.2. The molecule has 5 aromatic carbocycles. The molecule has 8 heteroatoms. The summed E-state index contributed by atoms with van der Waals surface area (Å²) in [6, 6.07) is 38.7. The Morgan fingerprint density at radius 3 is 2.29 bits per heavy atom. The number of para-hydroxylation sites is 1. The molecule has 2 aromatic heterocycles. The van der Waals surface area contributed by atoms with Gasteiger partial charge in [0.25, 0.3) is 0 Å². The number of fused-ring (bicyclic) bond motifs is 3. The van der Waals surface area contributed by atoms with E-state index in [4.69, 9.17) is 18.6 Å². The van der Waals surface area contributed by atoms with Crippen LogP contribution in [0.3, 0.4) is 0 Å². The van der Waals surface area contributed by atoms with E-state index in [0.29, 0.717) is 41.0 Å². The maximum absolute atomic E-state index is 12.8. The van der Waals surface area contributed by atoms with Crippen LogP contribution in [0.15, 0.2) is 126 Å². The molecule has 7 rings (SSSR count). The van der Waals surface area contributed by atoms with Crippen molar-refractivity contribution in [2.24, 2.45) is 0 Å². The Labute approximate surface area is 284 Å². The Kier molecular flexibility index (Phi) is 8.53. The lowest BCUT2D eigenvalue weighted by atomic mass is 9.90. The van der Waals surface area contributed by atoms with Crippen LogP contribution in [0.25, 0.3) is 33.3 Å². The average molecular weight is 653 g/mol. The summed E-state index contributed by atoms with van der Waals surface area (Å²) in [5, 5.41) is 12.3. The van der Waals surface area contributed by atoms with E-state index in [1.165, 1.54) is 0 Å². The summed E-state index contributed by atoms with van der Waals surface area (Å²) in [5.74, 6) is 1.93. The number of aromatic nitrogens is 2. The summed E-state index contributed by atoms with van der Waals surface area (Å²) in [5.41, 5.74) is 3.60. The number of ether oxygens (including phenoxy) is 3. The zero-order valence-electron chi connectivity index (χ0n) is 27.6. The Bertz CT molecular complexity index is 2260. The number of hydrogen-bond acceptors (Lipinski definition) is 6. The molecule has 0 amide bonds. The third kappa shape index (κ3) is 5.86. The number of aryl methyl sites for hydroxylation is 1. The number of aliphatic carboxylic acids is 1. The minimum Gasteiger partial charge on any atom is -0.493 e. The second kappa shape index (κ2) is 13.2. The van der Waals surface area contributed by atoms with Gasteiger partial charge in [-0.05, 0) is 61.4 Å². The second-order valence-electron chi connectivity index (χ2n) is 11.9.